The lowest BCUT2D eigenvalue weighted by molar-refractivity contribution is 0.0665. The van der Waals surface area contributed by atoms with Crippen LogP contribution in [0.3, 0.4) is 0 Å². The smallest absolute Gasteiger partial charge is 0.0838 e. The Balaban J connectivity index is 1.37. The summed E-state index contributed by atoms with van der Waals surface area (Å²) in [5.74, 6) is 0. The summed E-state index contributed by atoms with van der Waals surface area (Å²) in [5.41, 5.74) is 3.11. The van der Waals surface area contributed by atoms with Crippen LogP contribution in [0.2, 0.25) is 0 Å². The van der Waals surface area contributed by atoms with Gasteiger partial charge in [0.15, 0.2) is 0 Å². The van der Waals surface area contributed by atoms with Crippen LogP contribution in [-0.2, 0) is 17.8 Å². The van der Waals surface area contributed by atoms with Crippen molar-refractivity contribution < 1.29 is 14.9 Å². The lowest BCUT2D eigenvalue weighted by Gasteiger charge is -2.28. The van der Waals surface area contributed by atoms with Gasteiger partial charge in [0.1, 0.15) is 0 Å². The van der Waals surface area contributed by atoms with E-state index in [1.54, 1.807) is 11.3 Å². The number of ether oxygens (including phenoxy) is 1. The van der Waals surface area contributed by atoms with E-state index in [1.165, 1.54) is 9.75 Å². The SMILES string of the molecule is Cc1ccc(CC(O)c2ccc(N3CCC(O)C3COCc3ccccc3)cc2)s1. The monoisotopic (exact) mass is 423 g/mol. The highest BCUT2D eigenvalue weighted by Crippen LogP contribution is 2.29. The summed E-state index contributed by atoms with van der Waals surface area (Å²) in [4.78, 5) is 4.68. The van der Waals surface area contributed by atoms with Crippen molar-refractivity contribution in [3.63, 3.8) is 0 Å². The molecule has 1 aliphatic heterocycles. The van der Waals surface area contributed by atoms with Crippen LogP contribution in [0.25, 0.3) is 0 Å². The van der Waals surface area contributed by atoms with E-state index in [1.807, 2.05) is 54.6 Å². The summed E-state index contributed by atoms with van der Waals surface area (Å²) in [6.07, 6.45) is 0.469. The Bertz CT molecular complexity index is 925. The minimum Gasteiger partial charge on any atom is -0.391 e. The molecule has 2 N–H and O–H groups in total. The van der Waals surface area contributed by atoms with Gasteiger partial charge in [0, 0.05) is 28.4 Å². The summed E-state index contributed by atoms with van der Waals surface area (Å²) in [6.45, 7) is 3.92. The van der Waals surface area contributed by atoms with E-state index >= 15 is 0 Å². The number of thiophene rings is 1. The zero-order chi connectivity index (χ0) is 20.9. The first-order chi connectivity index (χ1) is 14.6. The van der Waals surface area contributed by atoms with E-state index in [-0.39, 0.29) is 6.04 Å². The fourth-order valence-electron chi connectivity index (χ4n) is 4.02. The van der Waals surface area contributed by atoms with E-state index in [2.05, 4.69) is 24.0 Å². The number of aryl methyl sites for hydroxylation is 1. The Labute approximate surface area is 182 Å². The molecule has 4 nitrogen and oxygen atoms in total. The average molecular weight is 424 g/mol. The maximum atomic E-state index is 10.6. The first-order valence-corrected chi connectivity index (χ1v) is 11.3. The summed E-state index contributed by atoms with van der Waals surface area (Å²) in [6, 6.07) is 22.3. The molecule has 0 radical (unpaired) electrons. The second-order valence-electron chi connectivity index (χ2n) is 7.94. The third-order valence-corrected chi connectivity index (χ3v) is 6.73. The molecule has 5 heteroatoms. The van der Waals surface area contributed by atoms with Crippen molar-refractivity contribution >= 4 is 17.0 Å². The summed E-state index contributed by atoms with van der Waals surface area (Å²) < 4.78 is 5.92. The van der Waals surface area contributed by atoms with E-state index < -0.39 is 12.2 Å². The predicted molar refractivity (Wildman–Crippen MR) is 122 cm³/mol. The van der Waals surface area contributed by atoms with Gasteiger partial charge in [-0.05, 0) is 48.7 Å². The van der Waals surface area contributed by atoms with Crippen LogP contribution in [0.5, 0.6) is 0 Å². The van der Waals surface area contributed by atoms with Gasteiger partial charge in [-0.1, -0.05) is 42.5 Å². The van der Waals surface area contributed by atoms with Gasteiger partial charge in [-0.2, -0.15) is 0 Å². The number of benzene rings is 2. The summed E-state index contributed by atoms with van der Waals surface area (Å²) >= 11 is 1.73. The van der Waals surface area contributed by atoms with Gasteiger partial charge in [-0.25, -0.2) is 0 Å². The van der Waals surface area contributed by atoms with E-state index in [9.17, 15) is 10.2 Å². The van der Waals surface area contributed by atoms with Gasteiger partial charge in [0.2, 0.25) is 0 Å². The average Bonchev–Trinajstić information content (AvgIpc) is 3.34. The first-order valence-electron chi connectivity index (χ1n) is 10.5. The van der Waals surface area contributed by atoms with Crippen molar-refractivity contribution in [1.29, 1.82) is 0 Å². The molecule has 1 saturated heterocycles. The Morgan fingerprint density at radius 3 is 2.53 bits per heavy atom. The van der Waals surface area contributed by atoms with Crippen molar-refractivity contribution in [3.05, 3.63) is 87.6 Å². The van der Waals surface area contributed by atoms with Gasteiger partial charge >= 0.3 is 0 Å². The number of aliphatic hydroxyl groups is 2. The van der Waals surface area contributed by atoms with Crippen LogP contribution in [0.15, 0.2) is 66.7 Å². The minimum atomic E-state index is -0.508. The molecule has 3 aromatic rings. The van der Waals surface area contributed by atoms with Crippen molar-refractivity contribution in [2.45, 2.75) is 44.6 Å². The molecule has 158 valence electrons. The molecule has 0 saturated carbocycles. The van der Waals surface area contributed by atoms with Gasteiger partial charge in [-0.15, -0.1) is 11.3 Å². The topological polar surface area (TPSA) is 52.9 Å². The lowest BCUT2D eigenvalue weighted by Crippen LogP contribution is -2.39. The number of nitrogens with zero attached hydrogens (tertiary/aromatic N) is 1. The van der Waals surface area contributed by atoms with Crippen LogP contribution >= 0.6 is 11.3 Å². The second kappa shape index (κ2) is 9.75. The van der Waals surface area contributed by atoms with Gasteiger partial charge in [0.25, 0.3) is 0 Å². The normalized spacial score (nSPS) is 19.9. The fourth-order valence-corrected chi connectivity index (χ4v) is 4.95. The lowest BCUT2D eigenvalue weighted by atomic mass is 10.0. The van der Waals surface area contributed by atoms with Gasteiger partial charge in [-0.3, -0.25) is 0 Å². The number of anilines is 1. The maximum Gasteiger partial charge on any atom is 0.0838 e. The Morgan fingerprint density at radius 1 is 1.07 bits per heavy atom. The molecule has 2 heterocycles. The number of hydrogen-bond donors (Lipinski definition) is 2. The van der Waals surface area contributed by atoms with Crippen LogP contribution in [0, 0.1) is 6.92 Å². The molecule has 1 fully saturated rings. The zero-order valence-electron chi connectivity index (χ0n) is 17.3. The molecule has 1 aromatic heterocycles. The first kappa shape index (κ1) is 21.1. The zero-order valence-corrected chi connectivity index (χ0v) is 18.1. The van der Waals surface area contributed by atoms with Crippen molar-refractivity contribution in [2.24, 2.45) is 0 Å². The molecule has 3 unspecified atom stereocenters. The van der Waals surface area contributed by atoms with Crippen LogP contribution in [0.1, 0.15) is 33.4 Å². The summed E-state index contributed by atoms with van der Waals surface area (Å²) in [7, 11) is 0. The van der Waals surface area contributed by atoms with Crippen LogP contribution in [0.4, 0.5) is 5.69 Å². The summed E-state index contributed by atoms with van der Waals surface area (Å²) in [5, 5.41) is 21.1. The number of rotatable bonds is 8. The number of hydrogen-bond acceptors (Lipinski definition) is 5. The molecule has 3 atom stereocenters. The Hall–Kier alpha value is -2.18. The van der Waals surface area contributed by atoms with E-state index in [0.29, 0.717) is 19.6 Å². The van der Waals surface area contributed by atoms with Crippen molar-refractivity contribution in [3.8, 4) is 0 Å². The molecule has 0 spiro atoms. The maximum absolute atomic E-state index is 10.6. The Morgan fingerprint density at radius 2 is 1.83 bits per heavy atom. The highest BCUT2D eigenvalue weighted by Gasteiger charge is 2.33. The van der Waals surface area contributed by atoms with E-state index in [4.69, 9.17) is 4.74 Å². The minimum absolute atomic E-state index is 0.0569. The molecule has 0 amide bonds. The predicted octanol–water partition coefficient (Wildman–Crippen LogP) is 4.49. The standard InChI is InChI=1S/C25H29NO3S/c1-18-7-12-22(30-18)15-25(28)20-8-10-21(11-9-20)26-14-13-24(27)23(26)17-29-16-19-5-3-2-4-6-19/h2-12,23-25,27-28H,13-17H2,1H3. The molecular formula is C25H29NO3S. The van der Waals surface area contributed by atoms with Crippen LogP contribution in [-0.4, -0.2) is 35.5 Å². The fraction of sp³-hybridized carbons (Fsp3) is 0.360. The van der Waals surface area contributed by atoms with Crippen molar-refractivity contribution in [1.82, 2.24) is 0 Å². The van der Waals surface area contributed by atoms with Gasteiger partial charge < -0.3 is 19.8 Å². The molecular weight excluding hydrogens is 394 g/mol. The van der Waals surface area contributed by atoms with Crippen LogP contribution < -0.4 is 4.90 Å². The molecule has 0 bridgehead atoms. The third kappa shape index (κ3) is 5.10. The third-order valence-electron chi connectivity index (χ3n) is 5.71. The quantitative estimate of drug-likeness (QED) is 0.561. The molecule has 30 heavy (non-hydrogen) atoms. The molecule has 2 aromatic carbocycles. The van der Waals surface area contributed by atoms with E-state index in [0.717, 1.165) is 29.8 Å². The largest absolute Gasteiger partial charge is 0.391 e. The van der Waals surface area contributed by atoms with Crippen molar-refractivity contribution in [2.75, 3.05) is 18.1 Å². The molecule has 4 rings (SSSR count). The highest BCUT2D eigenvalue weighted by atomic mass is 32.1. The second-order valence-corrected chi connectivity index (χ2v) is 9.31. The van der Waals surface area contributed by atoms with Gasteiger partial charge in [0.05, 0.1) is 31.5 Å². The molecule has 0 aliphatic carbocycles. The Kier molecular flexibility index (Phi) is 6.85. The molecule has 1 aliphatic rings. The highest BCUT2D eigenvalue weighted by molar-refractivity contribution is 7.11. The number of aliphatic hydroxyl groups excluding tert-OH is 2.